The third-order valence-electron chi connectivity index (χ3n) is 5.64. The van der Waals surface area contributed by atoms with E-state index < -0.39 is 29.4 Å². The highest BCUT2D eigenvalue weighted by atomic mass is 79.9. The standard InChI is InChI=1S/C24H27BrN2O5S/c1-13(2)11-24(22(31)32)12-15(21(29)30)18(19-26-8-9-33-19)27(24)20(28)14-6-7-16(17(25)10-14)23(3,4)5/h6-10,12-13,18H,11H2,1-5H3,(H,29,30)(H,31,32)/t18-,24+/m1/s1. The van der Waals surface area contributed by atoms with Crippen LogP contribution in [0.2, 0.25) is 0 Å². The Morgan fingerprint density at radius 2 is 1.91 bits per heavy atom. The molecule has 7 nitrogen and oxygen atoms in total. The molecule has 2 atom stereocenters. The number of benzene rings is 1. The van der Waals surface area contributed by atoms with E-state index in [-0.39, 0.29) is 28.9 Å². The van der Waals surface area contributed by atoms with E-state index in [1.807, 2.05) is 19.9 Å². The van der Waals surface area contributed by atoms with E-state index in [2.05, 4.69) is 41.7 Å². The number of nitrogens with zero attached hydrogens (tertiary/aromatic N) is 2. The molecule has 0 saturated carbocycles. The number of amides is 1. The SMILES string of the molecule is CC(C)C[C@@]1(C(=O)O)C=C(C(=O)O)[C@H](c2nccs2)N1C(=O)c1ccc(C(C)(C)C)c(Br)c1. The van der Waals surface area contributed by atoms with Crippen molar-refractivity contribution in [3.8, 4) is 0 Å². The second-order valence-electron chi connectivity index (χ2n) is 9.62. The fraction of sp³-hybridized carbons (Fsp3) is 0.417. The van der Waals surface area contributed by atoms with Crippen molar-refractivity contribution in [1.29, 1.82) is 0 Å². The molecule has 33 heavy (non-hydrogen) atoms. The molecule has 1 aromatic heterocycles. The molecule has 0 saturated heterocycles. The summed E-state index contributed by atoms with van der Waals surface area (Å²) >= 11 is 4.73. The van der Waals surface area contributed by atoms with Gasteiger partial charge in [-0.2, -0.15) is 0 Å². The van der Waals surface area contributed by atoms with Gasteiger partial charge in [-0.15, -0.1) is 11.3 Å². The Labute approximate surface area is 205 Å². The van der Waals surface area contributed by atoms with Crippen LogP contribution in [-0.2, 0) is 15.0 Å². The lowest BCUT2D eigenvalue weighted by molar-refractivity contribution is -0.148. The van der Waals surface area contributed by atoms with Gasteiger partial charge in [0.2, 0.25) is 0 Å². The summed E-state index contributed by atoms with van der Waals surface area (Å²) in [5.74, 6) is -3.23. The van der Waals surface area contributed by atoms with Crippen LogP contribution >= 0.6 is 27.3 Å². The molecule has 0 aliphatic carbocycles. The highest BCUT2D eigenvalue weighted by molar-refractivity contribution is 9.10. The van der Waals surface area contributed by atoms with Crippen molar-refractivity contribution >= 4 is 45.1 Å². The minimum Gasteiger partial charge on any atom is -0.479 e. The summed E-state index contributed by atoms with van der Waals surface area (Å²) in [7, 11) is 0. The molecule has 1 aromatic carbocycles. The molecule has 0 bridgehead atoms. The molecule has 0 fully saturated rings. The molecule has 2 heterocycles. The third-order valence-corrected chi connectivity index (χ3v) is 7.13. The Balaban J connectivity index is 2.23. The number of hydrogen-bond donors (Lipinski definition) is 2. The van der Waals surface area contributed by atoms with Crippen molar-refractivity contribution in [2.24, 2.45) is 5.92 Å². The number of rotatable bonds is 6. The molecule has 3 rings (SSSR count). The van der Waals surface area contributed by atoms with Crippen LogP contribution in [0.3, 0.4) is 0 Å². The fourth-order valence-corrected chi connectivity index (χ4v) is 6.01. The Morgan fingerprint density at radius 1 is 1.24 bits per heavy atom. The maximum atomic E-state index is 13.9. The second-order valence-corrected chi connectivity index (χ2v) is 11.4. The minimum absolute atomic E-state index is 0.0635. The molecule has 176 valence electrons. The third kappa shape index (κ3) is 4.61. The molecule has 2 aromatic rings. The topological polar surface area (TPSA) is 108 Å². The zero-order chi connectivity index (χ0) is 24.7. The van der Waals surface area contributed by atoms with Crippen molar-refractivity contribution in [2.75, 3.05) is 0 Å². The van der Waals surface area contributed by atoms with Crippen LogP contribution < -0.4 is 0 Å². The molecular formula is C24H27BrN2O5S. The largest absolute Gasteiger partial charge is 0.479 e. The molecular weight excluding hydrogens is 508 g/mol. The Morgan fingerprint density at radius 3 is 2.36 bits per heavy atom. The first-order chi connectivity index (χ1) is 15.3. The number of carboxylic acid groups (broad SMARTS) is 2. The van der Waals surface area contributed by atoms with Crippen LogP contribution in [0.1, 0.15) is 68.0 Å². The van der Waals surface area contributed by atoms with Crippen LogP contribution in [0, 0.1) is 5.92 Å². The quantitative estimate of drug-likeness (QED) is 0.521. The number of thiazole rings is 1. The smallest absolute Gasteiger partial charge is 0.333 e. The van der Waals surface area contributed by atoms with E-state index >= 15 is 0 Å². The van der Waals surface area contributed by atoms with Crippen molar-refractivity contribution in [1.82, 2.24) is 9.88 Å². The van der Waals surface area contributed by atoms with Gasteiger partial charge in [0.15, 0.2) is 5.54 Å². The Bertz CT molecular complexity index is 1120. The van der Waals surface area contributed by atoms with Crippen molar-refractivity contribution < 1.29 is 24.6 Å². The van der Waals surface area contributed by atoms with Gasteiger partial charge >= 0.3 is 11.9 Å². The Kier molecular flexibility index (Phi) is 6.87. The molecule has 9 heteroatoms. The minimum atomic E-state index is -1.81. The van der Waals surface area contributed by atoms with Crippen LogP contribution in [0.5, 0.6) is 0 Å². The average molecular weight is 535 g/mol. The summed E-state index contributed by atoms with van der Waals surface area (Å²) in [6.45, 7) is 9.83. The second kappa shape index (κ2) is 9.02. The normalized spacial score (nSPS) is 20.8. The molecule has 1 aliphatic rings. The first-order valence-corrected chi connectivity index (χ1v) is 12.2. The molecule has 2 N–H and O–H groups in total. The lowest BCUT2D eigenvalue weighted by Crippen LogP contribution is -2.54. The predicted molar refractivity (Wildman–Crippen MR) is 129 cm³/mol. The van der Waals surface area contributed by atoms with Crippen molar-refractivity contribution in [3.05, 3.63) is 62.0 Å². The first-order valence-electron chi connectivity index (χ1n) is 10.5. The molecule has 1 aliphatic heterocycles. The number of aliphatic carboxylic acids is 2. The van der Waals surface area contributed by atoms with Crippen LogP contribution in [-0.4, -0.2) is 43.5 Å². The number of carbonyl (C=O) groups excluding carboxylic acids is 1. The monoisotopic (exact) mass is 534 g/mol. The van der Waals surface area contributed by atoms with E-state index in [0.29, 0.717) is 5.01 Å². The van der Waals surface area contributed by atoms with Gasteiger partial charge in [-0.3, -0.25) is 4.79 Å². The van der Waals surface area contributed by atoms with E-state index in [9.17, 15) is 24.6 Å². The average Bonchev–Trinajstić information content (AvgIpc) is 3.32. The first kappa shape index (κ1) is 25.1. The summed E-state index contributed by atoms with van der Waals surface area (Å²) in [6, 6.07) is 4.06. The van der Waals surface area contributed by atoms with Gasteiger partial charge in [0.1, 0.15) is 11.0 Å². The molecule has 0 radical (unpaired) electrons. The van der Waals surface area contributed by atoms with Crippen LogP contribution in [0.4, 0.5) is 0 Å². The molecule has 1 amide bonds. The van der Waals surface area contributed by atoms with Gasteiger partial charge in [-0.1, -0.05) is 56.6 Å². The predicted octanol–water partition coefficient (Wildman–Crippen LogP) is 5.28. The van der Waals surface area contributed by atoms with Gasteiger partial charge < -0.3 is 15.1 Å². The summed E-state index contributed by atoms with van der Waals surface area (Å²) in [5.41, 5.74) is -0.881. The van der Waals surface area contributed by atoms with Gasteiger partial charge in [-0.05, 0) is 41.5 Å². The fourth-order valence-electron chi connectivity index (χ4n) is 4.29. The van der Waals surface area contributed by atoms with Crippen LogP contribution in [0.15, 0.2) is 45.9 Å². The van der Waals surface area contributed by atoms with Crippen molar-refractivity contribution in [3.63, 3.8) is 0 Å². The molecule has 0 unspecified atom stereocenters. The van der Waals surface area contributed by atoms with Gasteiger partial charge in [0.05, 0.1) is 5.57 Å². The number of carboxylic acids is 2. The number of aromatic nitrogens is 1. The lowest BCUT2D eigenvalue weighted by Gasteiger charge is -2.38. The van der Waals surface area contributed by atoms with E-state index in [4.69, 9.17) is 0 Å². The van der Waals surface area contributed by atoms with E-state index in [0.717, 1.165) is 10.0 Å². The number of hydrogen-bond acceptors (Lipinski definition) is 5. The zero-order valence-electron chi connectivity index (χ0n) is 19.1. The number of carbonyl (C=O) groups is 3. The number of halogens is 1. The summed E-state index contributed by atoms with van der Waals surface area (Å²) in [4.78, 5) is 44.2. The highest BCUT2D eigenvalue weighted by Gasteiger charge is 2.56. The van der Waals surface area contributed by atoms with Crippen LogP contribution in [0.25, 0.3) is 0 Å². The van der Waals surface area contributed by atoms with E-state index in [1.165, 1.54) is 28.5 Å². The van der Waals surface area contributed by atoms with Gasteiger partial charge in [-0.25, -0.2) is 14.6 Å². The van der Waals surface area contributed by atoms with E-state index in [1.54, 1.807) is 17.5 Å². The molecule has 0 spiro atoms. The maximum absolute atomic E-state index is 13.9. The Hall–Kier alpha value is -2.52. The van der Waals surface area contributed by atoms with Crippen molar-refractivity contribution in [2.45, 2.75) is 58.0 Å². The van der Waals surface area contributed by atoms with Gasteiger partial charge in [0, 0.05) is 21.6 Å². The van der Waals surface area contributed by atoms with Gasteiger partial charge in [0.25, 0.3) is 5.91 Å². The summed E-state index contributed by atoms with van der Waals surface area (Å²) in [6.07, 6.45) is 2.80. The zero-order valence-corrected chi connectivity index (χ0v) is 21.5. The summed E-state index contributed by atoms with van der Waals surface area (Å²) < 4.78 is 0.724. The summed E-state index contributed by atoms with van der Waals surface area (Å²) in [5, 5.41) is 22.3. The maximum Gasteiger partial charge on any atom is 0.333 e. The lowest BCUT2D eigenvalue weighted by atomic mass is 9.86. The highest BCUT2D eigenvalue weighted by Crippen LogP contribution is 2.47.